The normalized spacial score (nSPS) is 12.9. The first-order valence-corrected chi connectivity index (χ1v) is 8.89. The summed E-state index contributed by atoms with van der Waals surface area (Å²) in [5.41, 5.74) is 0.523. The zero-order valence-electron chi connectivity index (χ0n) is 13.8. The number of para-hydroxylation sites is 2. The van der Waals surface area contributed by atoms with Crippen molar-refractivity contribution in [2.24, 2.45) is 0 Å². The average molecular weight is 386 g/mol. The SMILES string of the molecule is O=C(Nc1ccccc1)N1c2ccccc2Sc2ccc(C(F)(F)F)cc21. The van der Waals surface area contributed by atoms with Crippen molar-refractivity contribution < 1.29 is 18.0 Å². The Morgan fingerprint density at radius 2 is 1.52 bits per heavy atom. The largest absolute Gasteiger partial charge is 0.416 e. The number of rotatable bonds is 1. The molecule has 136 valence electrons. The maximum absolute atomic E-state index is 13.2. The lowest BCUT2D eigenvalue weighted by molar-refractivity contribution is -0.137. The third-order valence-corrected chi connectivity index (χ3v) is 5.21. The molecule has 0 aliphatic carbocycles. The van der Waals surface area contributed by atoms with Gasteiger partial charge in [0, 0.05) is 15.5 Å². The zero-order chi connectivity index (χ0) is 19.0. The number of fused-ring (bicyclic) bond motifs is 2. The van der Waals surface area contributed by atoms with Crippen LogP contribution in [0, 0.1) is 0 Å². The molecule has 7 heteroatoms. The topological polar surface area (TPSA) is 32.3 Å². The van der Waals surface area contributed by atoms with Crippen LogP contribution in [0.1, 0.15) is 5.56 Å². The van der Waals surface area contributed by atoms with Gasteiger partial charge in [-0.05, 0) is 42.5 Å². The molecule has 0 radical (unpaired) electrons. The highest BCUT2D eigenvalue weighted by Crippen LogP contribution is 2.49. The van der Waals surface area contributed by atoms with Gasteiger partial charge in [-0.1, -0.05) is 42.1 Å². The van der Waals surface area contributed by atoms with Crippen molar-refractivity contribution in [2.45, 2.75) is 16.0 Å². The fourth-order valence-electron chi connectivity index (χ4n) is 2.85. The molecule has 1 heterocycles. The molecule has 3 nitrogen and oxygen atoms in total. The van der Waals surface area contributed by atoms with Gasteiger partial charge in [0.2, 0.25) is 0 Å². The van der Waals surface area contributed by atoms with E-state index in [1.807, 2.05) is 18.2 Å². The molecule has 1 aliphatic rings. The van der Waals surface area contributed by atoms with Gasteiger partial charge in [-0.15, -0.1) is 0 Å². The highest BCUT2D eigenvalue weighted by Gasteiger charge is 2.34. The summed E-state index contributed by atoms with van der Waals surface area (Å²) >= 11 is 1.34. The van der Waals surface area contributed by atoms with E-state index in [-0.39, 0.29) is 5.69 Å². The molecule has 2 amide bonds. The third-order valence-electron chi connectivity index (χ3n) is 4.08. The van der Waals surface area contributed by atoms with Crippen LogP contribution in [0.15, 0.2) is 82.6 Å². The second-order valence-electron chi connectivity index (χ2n) is 5.88. The van der Waals surface area contributed by atoms with Gasteiger partial charge < -0.3 is 5.32 Å². The maximum atomic E-state index is 13.2. The van der Waals surface area contributed by atoms with Gasteiger partial charge in [0.25, 0.3) is 0 Å². The number of hydrogen-bond donors (Lipinski definition) is 1. The van der Waals surface area contributed by atoms with Crippen LogP contribution >= 0.6 is 11.8 Å². The highest BCUT2D eigenvalue weighted by atomic mass is 32.2. The first-order chi connectivity index (χ1) is 12.9. The molecule has 0 unspecified atom stereocenters. The van der Waals surface area contributed by atoms with Crippen LogP contribution in [0.5, 0.6) is 0 Å². The fourth-order valence-corrected chi connectivity index (χ4v) is 3.89. The van der Waals surface area contributed by atoms with Crippen LogP contribution in [0.25, 0.3) is 0 Å². The maximum Gasteiger partial charge on any atom is 0.416 e. The smallest absolute Gasteiger partial charge is 0.307 e. The molecule has 0 saturated heterocycles. The quantitative estimate of drug-likeness (QED) is 0.515. The number of halogens is 3. The van der Waals surface area contributed by atoms with Crippen molar-refractivity contribution in [3.8, 4) is 0 Å². The van der Waals surface area contributed by atoms with E-state index in [2.05, 4.69) is 5.32 Å². The van der Waals surface area contributed by atoms with E-state index in [9.17, 15) is 18.0 Å². The number of carbonyl (C=O) groups is 1. The van der Waals surface area contributed by atoms with Crippen LogP contribution in [0.2, 0.25) is 0 Å². The predicted octanol–water partition coefficient (Wildman–Crippen LogP) is 6.54. The second-order valence-corrected chi connectivity index (χ2v) is 6.97. The van der Waals surface area contributed by atoms with Crippen LogP contribution < -0.4 is 10.2 Å². The van der Waals surface area contributed by atoms with Crippen molar-refractivity contribution >= 4 is 34.9 Å². The Morgan fingerprint density at radius 3 is 2.26 bits per heavy atom. The fraction of sp³-hybridized carbons (Fsp3) is 0.0500. The van der Waals surface area contributed by atoms with E-state index in [0.717, 1.165) is 17.0 Å². The molecular weight excluding hydrogens is 373 g/mol. The predicted molar refractivity (Wildman–Crippen MR) is 99.6 cm³/mol. The number of urea groups is 1. The van der Waals surface area contributed by atoms with Crippen LogP contribution in [-0.4, -0.2) is 6.03 Å². The summed E-state index contributed by atoms with van der Waals surface area (Å²) in [6, 6.07) is 18.9. The number of nitrogens with zero attached hydrogens (tertiary/aromatic N) is 1. The Hall–Kier alpha value is -2.93. The van der Waals surface area contributed by atoms with E-state index in [1.165, 1.54) is 22.7 Å². The zero-order valence-corrected chi connectivity index (χ0v) is 14.6. The average Bonchev–Trinajstić information content (AvgIpc) is 2.65. The Labute approximate surface area is 157 Å². The third kappa shape index (κ3) is 3.38. The van der Waals surface area contributed by atoms with Crippen molar-refractivity contribution in [2.75, 3.05) is 10.2 Å². The van der Waals surface area contributed by atoms with Gasteiger partial charge in [-0.25, -0.2) is 4.79 Å². The molecule has 4 rings (SSSR count). The standard InChI is InChI=1S/C20H13F3N2OS/c21-20(22,23)13-10-11-18-16(12-13)25(15-8-4-5-9-17(15)27-18)19(26)24-14-6-2-1-3-7-14/h1-12H,(H,24,26). The summed E-state index contributed by atoms with van der Waals surface area (Å²) < 4.78 is 39.6. The Kier molecular flexibility index (Phi) is 4.31. The van der Waals surface area contributed by atoms with Crippen LogP contribution in [0.3, 0.4) is 0 Å². The Morgan fingerprint density at radius 1 is 0.852 bits per heavy atom. The minimum atomic E-state index is -4.49. The minimum absolute atomic E-state index is 0.210. The summed E-state index contributed by atoms with van der Waals surface area (Å²) in [6.07, 6.45) is -4.49. The Bertz CT molecular complexity index is 1010. The van der Waals surface area contributed by atoms with Gasteiger partial charge >= 0.3 is 12.2 Å². The van der Waals surface area contributed by atoms with E-state index in [4.69, 9.17) is 0 Å². The van der Waals surface area contributed by atoms with Gasteiger partial charge in [0.1, 0.15) is 0 Å². The second kappa shape index (κ2) is 6.66. The van der Waals surface area contributed by atoms with E-state index >= 15 is 0 Å². The van der Waals surface area contributed by atoms with E-state index in [0.29, 0.717) is 16.3 Å². The van der Waals surface area contributed by atoms with Gasteiger partial charge in [-0.2, -0.15) is 13.2 Å². The highest BCUT2D eigenvalue weighted by molar-refractivity contribution is 7.99. The summed E-state index contributed by atoms with van der Waals surface area (Å²) in [7, 11) is 0. The molecule has 0 spiro atoms. The lowest BCUT2D eigenvalue weighted by Crippen LogP contribution is -2.33. The molecular formula is C20H13F3N2OS. The molecule has 0 aromatic heterocycles. The number of anilines is 3. The van der Waals surface area contributed by atoms with Gasteiger partial charge in [0.15, 0.2) is 0 Å². The molecule has 3 aromatic carbocycles. The lowest BCUT2D eigenvalue weighted by Gasteiger charge is -2.31. The monoisotopic (exact) mass is 386 g/mol. The minimum Gasteiger partial charge on any atom is -0.307 e. The lowest BCUT2D eigenvalue weighted by atomic mass is 10.1. The first kappa shape index (κ1) is 17.5. The number of alkyl halides is 3. The van der Waals surface area contributed by atoms with Gasteiger partial charge in [0.05, 0.1) is 16.9 Å². The van der Waals surface area contributed by atoms with E-state index in [1.54, 1.807) is 36.4 Å². The summed E-state index contributed by atoms with van der Waals surface area (Å²) in [5.74, 6) is 0. The van der Waals surface area contributed by atoms with Crippen molar-refractivity contribution in [3.63, 3.8) is 0 Å². The number of benzene rings is 3. The molecule has 3 aromatic rings. The number of hydrogen-bond acceptors (Lipinski definition) is 2. The van der Waals surface area contributed by atoms with E-state index < -0.39 is 17.8 Å². The molecule has 0 bridgehead atoms. The van der Waals surface area contributed by atoms with Crippen molar-refractivity contribution in [1.82, 2.24) is 0 Å². The summed E-state index contributed by atoms with van der Waals surface area (Å²) in [4.78, 5) is 15.7. The molecule has 1 N–H and O–H groups in total. The Balaban J connectivity index is 1.81. The van der Waals surface area contributed by atoms with Crippen molar-refractivity contribution in [3.05, 3.63) is 78.4 Å². The number of nitrogens with one attached hydrogen (secondary N) is 1. The summed E-state index contributed by atoms with van der Waals surface area (Å²) in [6.45, 7) is 0. The number of carbonyl (C=O) groups excluding carboxylic acids is 1. The number of amides is 2. The molecule has 0 saturated carbocycles. The first-order valence-electron chi connectivity index (χ1n) is 8.08. The van der Waals surface area contributed by atoms with Crippen LogP contribution in [0.4, 0.5) is 35.0 Å². The molecule has 0 atom stereocenters. The van der Waals surface area contributed by atoms with Crippen LogP contribution in [-0.2, 0) is 6.18 Å². The molecule has 0 fully saturated rings. The summed E-state index contributed by atoms with van der Waals surface area (Å²) in [5, 5.41) is 2.75. The van der Waals surface area contributed by atoms with Crippen molar-refractivity contribution in [1.29, 1.82) is 0 Å². The van der Waals surface area contributed by atoms with Gasteiger partial charge in [-0.3, -0.25) is 4.90 Å². The molecule has 27 heavy (non-hydrogen) atoms. The molecule has 1 aliphatic heterocycles.